The van der Waals surface area contributed by atoms with Crippen molar-refractivity contribution in [2.24, 2.45) is 4.99 Å². The third-order valence-corrected chi connectivity index (χ3v) is 3.89. The van der Waals surface area contributed by atoms with Crippen LogP contribution in [0.5, 0.6) is 0 Å². The second-order valence-electron chi connectivity index (χ2n) is 4.61. The first-order valence-electron chi connectivity index (χ1n) is 6.81. The van der Waals surface area contributed by atoms with Crippen LogP contribution in [0.25, 0.3) is 0 Å². The molecule has 24 heavy (non-hydrogen) atoms. The van der Waals surface area contributed by atoms with E-state index in [2.05, 4.69) is 10.3 Å². The van der Waals surface area contributed by atoms with Crippen molar-refractivity contribution in [1.82, 2.24) is 9.88 Å². The summed E-state index contributed by atoms with van der Waals surface area (Å²) in [6.07, 6.45) is 1.28. The number of nitro groups is 2. The minimum absolute atomic E-state index is 0.0488. The number of nitro benzene ring substituents is 1. The summed E-state index contributed by atoms with van der Waals surface area (Å²) in [6.45, 7) is 2.31. The fraction of sp³-hybridized carbons (Fsp3) is 0.231. The molecule has 0 saturated carbocycles. The lowest BCUT2D eigenvalue weighted by Crippen LogP contribution is -2.24. The number of rotatable bonds is 5. The van der Waals surface area contributed by atoms with Crippen molar-refractivity contribution in [3.63, 3.8) is 0 Å². The molecule has 0 bridgehead atoms. The Morgan fingerprint density at radius 1 is 1.25 bits per heavy atom. The first-order valence-corrected chi connectivity index (χ1v) is 7.63. The van der Waals surface area contributed by atoms with E-state index in [1.807, 2.05) is 0 Å². The van der Waals surface area contributed by atoms with Gasteiger partial charge in [0.05, 0.1) is 22.6 Å². The Morgan fingerprint density at radius 2 is 1.92 bits per heavy atom. The topological polar surface area (TPSA) is 133 Å². The van der Waals surface area contributed by atoms with Gasteiger partial charge in [0.25, 0.3) is 5.69 Å². The molecule has 2 aromatic rings. The number of carbonyl (C=O) groups excluding carboxylic acids is 1. The Kier molecular flexibility index (Phi) is 5.37. The largest absolute Gasteiger partial charge is 0.343 e. The van der Waals surface area contributed by atoms with Gasteiger partial charge in [-0.15, -0.1) is 0 Å². The van der Waals surface area contributed by atoms with Gasteiger partial charge in [-0.1, -0.05) is 12.1 Å². The van der Waals surface area contributed by atoms with Crippen molar-refractivity contribution < 1.29 is 14.6 Å². The monoisotopic (exact) mass is 351 g/mol. The summed E-state index contributed by atoms with van der Waals surface area (Å²) in [5.74, 6) is 0. The van der Waals surface area contributed by atoms with Gasteiger partial charge >= 0.3 is 11.0 Å². The molecule has 0 spiro atoms. The number of nitrogens with zero attached hydrogens (tertiary/aromatic N) is 4. The van der Waals surface area contributed by atoms with E-state index >= 15 is 0 Å². The van der Waals surface area contributed by atoms with Gasteiger partial charge in [-0.3, -0.25) is 20.2 Å². The highest BCUT2D eigenvalue weighted by atomic mass is 32.1. The van der Waals surface area contributed by atoms with E-state index in [1.165, 1.54) is 22.9 Å². The van der Waals surface area contributed by atoms with Gasteiger partial charge in [-0.2, -0.15) is 4.99 Å². The van der Waals surface area contributed by atoms with E-state index in [4.69, 9.17) is 0 Å². The van der Waals surface area contributed by atoms with Crippen molar-refractivity contribution in [2.75, 3.05) is 6.54 Å². The third-order valence-electron chi connectivity index (χ3n) is 2.91. The van der Waals surface area contributed by atoms with Gasteiger partial charge in [0.15, 0.2) is 0 Å². The van der Waals surface area contributed by atoms with Crippen molar-refractivity contribution in [2.45, 2.75) is 13.5 Å². The van der Waals surface area contributed by atoms with Crippen molar-refractivity contribution in [1.29, 1.82) is 0 Å². The number of non-ortho nitro benzene ring substituents is 1. The summed E-state index contributed by atoms with van der Waals surface area (Å²) in [7, 11) is 0. The van der Waals surface area contributed by atoms with Crippen LogP contribution < -0.4 is 10.1 Å². The zero-order valence-corrected chi connectivity index (χ0v) is 13.4. The summed E-state index contributed by atoms with van der Waals surface area (Å²) in [6, 6.07) is 5.19. The number of amides is 2. The normalized spacial score (nSPS) is 11.3. The molecule has 0 aliphatic rings. The minimum atomic E-state index is -0.591. The molecule has 2 rings (SSSR count). The Labute approximate surface area is 139 Å². The summed E-state index contributed by atoms with van der Waals surface area (Å²) in [5.41, 5.74) is 0.637. The van der Waals surface area contributed by atoms with Crippen LogP contribution in [-0.2, 0) is 6.54 Å². The van der Waals surface area contributed by atoms with E-state index in [0.717, 1.165) is 11.3 Å². The zero-order chi connectivity index (χ0) is 17.7. The van der Waals surface area contributed by atoms with Gasteiger partial charge in [0, 0.05) is 18.7 Å². The fourth-order valence-electron chi connectivity index (χ4n) is 1.85. The Morgan fingerprint density at radius 3 is 2.46 bits per heavy atom. The predicted molar refractivity (Wildman–Crippen MR) is 85.8 cm³/mol. The van der Waals surface area contributed by atoms with Crippen LogP contribution in [0, 0.1) is 20.2 Å². The standard InChI is InChI=1S/C13H13N5O5S/c1-2-14-12(19)15-13-16(8-11(24-13)18(22)23)7-9-3-5-10(6-4-9)17(20)21/h3-6,8H,2,7H2,1H3,(H,14,19)/b15-13-. The molecule has 0 aliphatic carbocycles. The number of aromatic nitrogens is 1. The third kappa shape index (κ3) is 4.23. The zero-order valence-electron chi connectivity index (χ0n) is 12.5. The number of urea groups is 1. The van der Waals surface area contributed by atoms with Crippen LogP contribution >= 0.6 is 11.3 Å². The summed E-state index contributed by atoms with van der Waals surface area (Å²) in [4.78, 5) is 36.1. The van der Waals surface area contributed by atoms with E-state index in [-0.39, 0.29) is 22.0 Å². The molecule has 0 fully saturated rings. The summed E-state index contributed by atoms with van der Waals surface area (Å²) >= 11 is 0.777. The highest BCUT2D eigenvalue weighted by Crippen LogP contribution is 2.17. The van der Waals surface area contributed by atoms with Crippen molar-refractivity contribution in [3.8, 4) is 0 Å². The number of hydrogen-bond acceptors (Lipinski definition) is 6. The molecule has 0 aliphatic heterocycles. The van der Waals surface area contributed by atoms with Crippen LogP contribution in [0.3, 0.4) is 0 Å². The average molecular weight is 351 g/mol. The summed E-state index contributed by atoms with van der Waals surface area (Å²) < 4.78 is 1.46. The maximum atomic E-state index is 11.6. The highest BCUT2D eigenvalue weighted by molar-refractivity contribution is 7.12. The first-order chi connectivity index (χ1) is 11.4. The number of hydrogen-bond donors (Lipinski definition) is 1. The Bertz CT molecular complexity index is 839. The van der Waals surface area contributed by atoms with Gasteiger partial charge in [0.1, 0.15) is 0 Å². The molecular formula is C13H13N5O5S. The molecule has 0 radical (unpaired) electrons. The molecule has 0 atom stereocenters. The molecule has 1 aromatic heterocycles. The van der Waals surface area contributed by atoms with E-state index in [9.17, 15) is 25.0 Å². The van der Waals surface area contributed by atoms with E-state index in [0.29, 0.717) is 12.1 Å². The lowest BCUT2D eigenvalue weighted by molar-refractivity contribution is -0.384. The smallest absolute Gasteiger partial charge is 0.336 e. The molecule has 0 saturated heterocycles. The van der Waals surface area contributed by atoms with Crippen LogP contribution in [0.4, 0.5) is 15.5 Å². The van der Waals surface area contributed by atoms with Crippen LogP contribution in [-0.4, -0.2) is 27.0 Å². The second kappa shape index (κ2) is 7.46. The maximum Gasteiger partial charge on any atom is 0.343 e. The van der Waals surface area contributed by atoms with Crippen LogP contribution in [0.1, 0.15) is 12.5 Å². The van der Waals surface area contributed by atoms with Crippen molar-refractivity contribution >= 4 is 28.1 Å². The number of nitrogens with one attached hydrogen (secondary N) is 1. The van der Waals surface area contributed by atoms with Gasteiger partial charge < -0.3 is 9.88 Å². The molecule has 1 heterocycles. The molecular weight excluding hydrogens is 338 g/mol. The lowest BCUT2D eigenvalue weighted by atomic mass is 10.2. The first kappa shape index (κ1) is 17.3. The Hall–Kier alpha value is -3.08. The Balaban J connectivity index is 2.35. The molecule has 10 nitrogen and oxygen atoms in total. The van der Waals surface area contributed by atoms with Crippen LogP contribution in [0.2, 0.25) is 0 Å². The molecule has 11 heteroatoms. The second-order valence-corrected chi connectivity index (χ2v) is 5.60. The number of benzene rings is 1. The van der Waals surface area contributed by atoms with Gasteiger partial charge in [-0.25, -0.2) is 4.79 Å². The molecule has 0 unspecified atom stereocenters. The minimum Gasteiger partial charge on any atom is -0.336 e. The summed E-state index contributed by atoms with van der Waals surface area (Å²) in [5, 5.41) is 23.9. The van der Waals surface area contributed by atoms with E-state index < -0.39 is 15.9 Å². The van der Waals surface area contributed by atoms with Crippen molar-refractivity contribution in [3.05, 3.63) is 61.1 Å². The quantitative estimate of drug-likeness (QED) is 0.650. The fourth-order valence-corrected chi connectivity index (χ4v) is 2.65. The highest BCUT2D eigenvalue weighted by Gasteiger charge is 2.14. The van der Waals surface area contributed by atoms with E-state index in [1.54, 1.807) is 19.1 Å². The molecule has 1 aromatic carbocycles. The predicted octanol–water partition coefficient (Wildman–Crippen LogP) is 2.04. The molecule has 126 valence electrons. The SMILES string of the molecule is CCNC(=O)/N=c1\sc([N+](=O)[O-])cn1Cc1ccc([N+](=O)[O-])cc1. The maximum absolute atomic E-state index is 11.6. The average Bonchev–Trinajstić information content (AvgIpc) is 2.91. The number of carbonyl (C=O) groups is 1. The van der Waals surface area contributed by atoms with Gasteiger partial charge in [-0.05, 0) is 23.8 Å². The molecule has 2 amide bonds. The van der Waals surface area contributed by atoms with Crippen LogP contribution in [0.15, 0.2) is 35.5 Å². The van der Waals surface area contributed by atoms with Gasteiger partial charge in [0.2, 0.25) is 4.80 Å². The lowest BCUT2D eigenvalue weighted by Gasteiger charge is -2.02. The molecule has 1 N–H and O–H groups in total. The number of thiazole rings is 1.